The zero-order chi connectivity index (χ0) is 23.9. The molecule has 7 nitrogen and oxygen atoms in total. The molecule has 3 heterocycles. The number of rotatable bonds is 4. The van der Waals surface area contributed by atoms with E-state index in [1.54, 1.807) is 13.3 Å². The van der Waals surface area contributed by atoms with Gasteiger partial charge in [0.05, 0.1) is 35.5 Å². The Labute approximate surface area is 200 Å². The van der Waals surface area contributed by atoms with Gasteiger partial charge in [0, 0.05) is 11.3 Å². The first-order valence-electron chi connectivity index (χ1n) is 11.2. The molecule has 0 aliphatic carbocycles. The summed E-state index contributed by atoms with van der Waals surface area (Å²) in [5, 5.41) is 4.80. The maximum absolute atomic E-state index is 13.9. The summed E-state index contributed by atoms with van der Waals surface area (Å²) in [6.07, 6.45) is 1.58. The zero-order valence-electron chi connectivity index (χ0n) is 19.2. The molecule has 6 rings (SSSR count). The van der Waals surface area contributed by atoms with Crippen LogP contribution in [0.1, 0.15) is 5.69 Å². The highest BCUT2D eigenvalue weighted by molar-refractivity contribution is 5.91. The predicted octanol–water partition coefficient (Wildman–Crippen LogP) is 5.28. The second-order valence-corrected chi connectivity index (χ2v) is 8.26. The highest BCUT2D eigenvalue weighted by Gasteiger charge is 2.21. The molecule has 0 aliphatic rings. The van der Waals surface area contributed by atoms with Crippen molar-refractivity contribution in [3.05, 3.63) is 101 Å². The molecule has 3 aromatic heterocycles. The number of hydrogen-bond acceptors (Lipinski definition) is 5. The molecule has 170 valence electrons. The van der Waals surface area contributed by atoms with Gasteiger partial charge in [-0.1, -0.05) is 66.7 Å². The molecular weight excluding hydrogens is 438 g/mol. The monoisotopic (exact) mass is 459 g/mol. The van der Waals surface area contributed by atoms with Crippen molar-refractivity contribution < 1.29 is 4.74 Å². The fourth-order valence-electron chi connectivity index (χ4n) is 4.45. The minimum absolute atomic E-state index is 0.203. The van der Waals surface area contributed by atoms with Crippen molar-refractivity contribution in [3.8, 4) is 39.4 Å². The molecule has 0 atom stereocenters. The molecule has 0 radical (unpaired) electrons. The highest BCUT2D eigenvalue weighted by Crippen LogP contribution is 2.34. The van der Waals surface area contributed by atoms with Gasteiger partial charge < -0.3 is 9.72 Å². The number of aryl methyl sites for hydroxylation is 1. The summed E-state index contributed by atoms with van der Waals surface area (Å²) in [6.45, 7) is 1.90. The Hall–Kier alpha value is -4.78. The van der Waals surface area contributed by atoms with Crippen molar-refractivity contribution in [1.29, 1.82) is 0 Å². The third-order valence-corrected chi connectivity index (χ3v) is 6.10. The van der Waals surface area contributed by atoms with Crippen LogP contribution in [0.5, 0.6) is 5.88 Å². The van der Waals surface area contributed by atoms with Crippen LogP contribution in [0.25, 0.3) is 50.2 Å². The number of H-pyrrole nitrogens is 1. The fraction of sp³-hybridized carbons (Fsp3) is 0.0714. The van der Waals surface area contributed by atoms with Gasteiger partial charge in [0.1, 0.15) is 11.3 Å². The number of nitrogens with one attached hydrogen (secondary N) is 1. The van der Waals surface area contributed by atoms with E-state index in [-0.39, 0.29) is 5.56 Å². The van der Waals surface area contributed by atoms with Gasteiger partial charge in [0.15, 0.2) is 0 Å². The number of methoxy groups -OCH3 is 1. The Morgan fingerprint density at radius 1 is 0.829 bits per heavy atom. The van der Waals surface area contributed by atoms with Crippen molar-refractivity contribution in [2.75, 3.05) is 7.11 Å². The van der Waals surface area contributed by atoms with E-state index in [1.807, 2.05) is 85.8 Å². The van der Waals surface area contributed by atoms with E-state index in [0.717, 1.165) is 39.2 Å². The number of hydrogen-bond donors (Lipinski definition) is 1. The van der Waals surface area contributed by atoms with Crippen molar-refractivity contribution in [2.45, 2.75) is 6.92 Å². The van der Waals surface area contributed by atoms with E-state index in [1.165, 1.54) is 4.52 Å². The van der Waals surface area contributed by atoms with Crippen LogP contribution in [0.4, 0.5) is 0 Å². The maximum Gasteiger partial charge on any atom is 0.282 e. The van der Waals surface area contributed by atoms with Crippen LogP contribution in [0.15, 0.2) is 89.9 Å². The predicted molar refractivity (Wildman–Crippen MR) is 137 cm³/mol. The molecule has 0 aliphatic heterocycles. The van der Waals surface area contributed by atoms with Crippen LogP contribution in [-0.2, 0) is 0 Å². The lowest BCUT2D eigenvalue weighted by Crippen LogP contribution is -2.19. The molecule has 0 unspecified atom stereocenters. The van der Waals surface area contributed by atoms with Gasteiger partial charge in [-0.15, -0.1) is 0 Å². The van der Waals surface area contributed by atoms with Gasteiger partial charge in [-0.25, -0.2) is 9.97 Å². The van der Waals surface area contributed by atoms with Gasteiger partial charge in [-0.3, -0.25) is 4.79 Å². The van der Waals surface area contributed by atoms with Crippen LogP contribution in [0, 0.1) is 6.92 Å². The Morgan fingerprint density at radius 2 is 1.54 bits per heavy atom. The summed E-state index contributed by atoms with van der Waals surface area (Å²) in [4.78, 5) is 26.2. The Bertz CT molecular complexity index is 1760. The van der Waals surface area contributed by atoms with E-state index in [2.05, 4.69) is 15.0 Å². The summed E-state index contributed by atoms with van der Waals surface area (Å²) in [5.74, 6) is 0.419. The van der Waals surface area contributed by atoms with Crippen molar-refractivity contribution >= 4 is 16.7 Å². The summed E-state index contributed by atoms with van der Waals surface area (Å²) >= 11 is 0. The fourth-order valence-corrected chi connectivity index (χ4v) is 4.45. The first-order chi connectivity index (χ1) is 17.1. The topological polar surface area (TPSA) is 85.2 Å². The smallest absolute Gasteiger partial charge is 0.282 e. The molecule has 0 fully saturated rings. The average molecular weight is 460 g/mol. The highest BCUT2D eigenvalue weighted by atomic mass is 16.5. The van der Waals surface area contributed by atoms with Gasteiger partial charge in [-0.2, -0.15) is 9.61 Å². The Morgan fingerprint density at radius 3 is 2.26 bits per heavy atom. The van der Waals surface area contributed by atoms with E-state index in [0.29, 0.717) is 22.6 Å². The lowest BCUT2D eigenvalue weighted by molar-refractivity contribution is 0.397. The molecule has 0 spiro atoms. The zero-order valence-corrected chi connectivity index (χ0v) is 19.2. The van der Waals surface area contributed by atoms with E-state index in [9.17, 15) is 4.79 Å². The van der Waals surface area contributed by atoms with E-state index >= 15 is 0 Å². The normalized spacial score (nSPS) is 11.3. The molecule has 0 amide bonds. The molecule has 7 heteroatoms. The molecular formula is C28H21N5O2. The standard InChI is InChI=1S/C28H21N5O2/c1-17-24(20-13-14-21-22(15-20)31-23(35-2)16-29-21)28(34)33-27(30-17)25(18-9-5-3-6-10-18)26(32-33)19-11-7-4-8-12-19/h3-16,30H,1-2H3. The molecule has 6 aromatic rings. The van der Waals surface area contributed by atoms with Crippen LogP contribution in [0.3, 0.4) is 0 Å². The van der Waals surface area contributed by atoms with Gasteiger partial charge in [-0.05, 0) is 30.2 Å². The van der Waals surface area contributed by atoms with Gasteiger partial charge >= 0.3 is 0 Å². The average Bonchev–Trinajstić information content (AvgIpc) is 3.29. The van der Waals surface area contributed by atoms with Crippen molar-refractivity contribution in [2.24, 2.45) is 0 Å². The molecule has 1 N–H and O–H groups in total. The van der Waals surface area contributed by atoms with Gasteiger partial charge in [0.25, 0.3) is 5.56 Å². The number of aromatic nitrogens is 5. The number of nitrogens with zero attached hydrogens (tertiary/aromatic N) is 4. The minimum atomic E-state index is -0.203. The largest absolute Gasteiger partial charge is 0.480 e. The van der Waals surface area contributed by atoms with Crippen molar-refractivity contribution in [1.82, 2.24) is 24.6 Å². The van der Waals surface area contributed by atoms with Crippen LogP contribution >= 0.6 is 0 Å². The summed E-state index contributed by atoms with van der Waals surface area (Å²) in [6, 6.07) is 25.5. The quantitative estimate of drug-likeness (QED) is 0.387. The Kier molecular flexibility index (Phi) is 4.88. The first kappa shape index (κ1) is 20.8. The maximum atomic E-state index is 13.9. The third kappa shape index (κ3) is 3.45. The Balaban J connectivity index is 1.63. The summed E-state index contributed by atoms with van der Waals surface area (Å²) < 4.78 is 6.68. The second-order valence-electron chi connectivity index (χ2n) is 8.26. The lowest BCUT2D eigenvalue weighted by Gasteiger charge is -2.09. The van der Waals surface area contributed by atoms with Crippen LogP contribution in [-0.4, -0.2) is 31.7 Å². The minimum Gasteiger partial charge on any atom is -0.480 e. The van der Waals surface area contributed by atoms with Crippen molar-refractivity contribution in [3.63, 3.8) is 0 Å². The second kappa shape index (κ2) is 8.22. The summed E-state index contributed by atoms with van der Waals surface area (Å²) in [7, 11) is 1.55. The molecule has 35 heavy (non-hydrogen) atoms. The van der Waals surface area contributed by atoms with Gasteiger partial charge in [0.2, 0.25) is 5.88 Å². The van der Waals surface area contributed by atoms with Crippen LogP contribution < -0.4 is 10.3 Å². The lowest BCUT2D eigenvalue weighted by atomic mass is 10.0. The first-order valence-corrected chi connectivity index (χ1v) is 11.2. The number of aromatic amines is 1. The third-order valence-electron chi connectivity index (χ3n) is 6.10. The molecule has 0 saturated carbocycles. The number of benzene rings is 3. The summed E-state index contributed by atoms with van der Waals surface area (Å²) in [5.41, 5.74) is 7.40. The van der Waals surface area contributed by atoms with Crippen LogP contribution in [0.2, 0.25) is 0 Å². The molecule has 3 aromatic carbocycles. The molecule has 0 saturated heterocycles. The van der Waals surface area contributed by atoms with E-state index < -0.39 is 0 Å². The number of fused-ring (bicyclic) bond motifs is 2. The number of ether oxygens (including phenoxy) is 1. The molecule has 0 bridgehead atoms. The SMILES string of the molecule is COc1cnc2ccc(-c3c(C)[nH]c4c(-c5ccccc5)c(-c5ccccc5)nn4c3=O)cc2n1. The van der Waals surface area contributed by atoms with E-state index in [4.69, 9.17) is 9.84 Å².